The first-order chi connectivity index (χ1) is 14.6. The molecular formula is C23H21ClN4O2. The van der Waals surface area contributed by atoms with Crippen LogP contribution >= 0.6 is 11.6 Å². The van der Waals surface area contributed by atoms with Gasteiger partial charge in [0.1, 0.15) is 17.1 Å². The van der Waals surface area contributed by atoms with E-state index in [0.29, 0.717) is 22.0 Å². The molecule has 1 amide bonds. The number of pyridine rings is 1. The monoisotopic (exact) mass is 420 g/mol. The number of nitrogens with one attached hydrogen (secondary N) is 1. The highest BCUT2D eigenvalue weighted by molar-refractivity contribution is 6.32. The molecule has 1 N–H and O–H groups in total. The molecule has 0 spiro atoms. The van der Waals surface area contributed by atoms with E-state index in [0.717, 1.165) is 35.5 Å². The first-order valence-corrected chi connectivity index (χ1v) is 10.0. The van der Waals surface area contributed by atoms with E-state index in [-0.39, 0.29) is 5.91 Å². The number of halogens is 1. The number of rotatable bonds is 6. The normalized spacial score (nSPS) is 10.9. The molecule has 7 heteroatoms. The lowest BCUT2D eigenvalue weighted by Crippen LogP contribution is -2.12. The molecule has 0 saturated heterocycles. The lowest BCUT2D eigenvalue weighted by Gasteiger charge is -2.10. The predicted molar refractivity (Wildman–Crippen MR) is 119 cm³/mol. The van der Waals surface area contributed by atoms with E-state index in [1.165, 1.54) is 0 Å². The number of imidazole rings is 1. The van der Waals surface area contributed by atoms with Crippen molar-refractivity contribution in [2.45, 2.75) is 19.9 Å². The van der Waals surface area contributed by atoms with Crippen molar-refractivity contribution in [3.8, 4) is 17.1 Å². The largest absolute Gasteiger partial charge is 0.495 e. The van der Waals surface area contributed by atoms with Gasteiger partial charge in [-0.25, -0.2) is 9.97 Å². The van der Waals surface area contributed by atoms with Gasteiger partial charge in [-0.05, 0) is 48.9 Å². The molecule has 2 aromatic carbocycles. The Morgan fingerprint density at radius 3 is 2.80 bits per heavy atom. The Morgan fingerprint density at radius 1 is 1.17 bits per heavy atom. The number of ether oxygens (including phenoxy) is 1. The maximum atomic E-state index is 12.8. The highest BCUT2D eigenvalue weighted by atomic mass is 35.5. The maximum Gasteiger partial charge on any atom is 0.255 e. The van der Waals surface area contributed by atoms with Crippen LogP contribution in [0.4, 0.5) is 5.69 Å². The minimum Gasteiger partial charge on any atom is -0.495 e. The fraction of sp³-hybridized carbons (Fsp3) is 0.174. The Kier molecular flexibility index (Phi) is 5.68. The molecule has 2 heterocycles. The zero-order chi connectivity index (χ0) is 21.1. The van der Waals surface area contributed by atoms with Crippen molar-refractivity contribution in [3.05, 3.63) is 71.4 Å². The van der Waals surface area contributed by atoms with Crippen LogP contribution < -0.4 is 10.1 Å². The molecule has 0 unspecified atom stereocenters. The van der Waals surface area contributed by atoms with Crippen LogP contribution in [0.5, 0.6) is 5.75 Å². The maximum absolute atomic E-state index is 12.8. The van der Waals surface area contributed by atoms with Crippen LogP contribution in [0.2, 0.25) is 5.02 Å². The van der Waals surface area contributed by atoms with Gasteiger partial charge < -0.3 is 14.6 Å². The number of fused-ring (bicyclic) bond motifs is 1. The summed E-state index contributed by atoms with van der Waals surface area (Å²) in [4.78, 5) is 22.1. The standard InChI is InChI=1S/C23H21ClN4O2/c1-3-12-28-21(27-19-8-5-11-25-22(19)28)15-6-4-7-16(13-15)23(29)26-17-9-10-20(30-2)18(24)14-17/h4-11,13-14H,3,12H2,1-2H3,(H,26,29). The fourth-order valence-corrected chi connectivity index (χ4v) is 3.62. The SMILES string of the molecule is CCCn1c(-c2cccc(C(=O)Nc3ccc(OC)c(Cl)c3)c2)nc2cccnc21. The number of nitrogens with zero attached hydrogens (tertiary/aromatic N) is 3. The molecule has 0 bridgehead atoms. The smallest absolute Gasteiger partial charge is 0.255 e. The molecule has 0 aliphatic heterocycles. The summed E-state index contributed by atoms with van der Waals surface area (Å²) in [6, 6.07) is 16.4. The van der Waals surface area contributed by atoms with Crippen LogP contribution in [0, 0.1) is 0 Å². The molecule has 2 aromatic heterocycles. The van der Waals surface area contributed by atoms with Crippen molar-refractivity contribution in [3.63, 3.8) is 0 Å². The van der Waals surface area contributed by atoms with Gasteiger partial charge in [0.25, 0.3) is 5.91 Å². The van der Waals surface area contributed by atoms with E-state index in [2.05, 4.69) is 21.8 Å². The van der Waals surface area contributed by atoms with E-state index >= 15 is 0 Å². The zero-order valence-electron chi connectivity index (χ0n) is 16.7. The summed E-state index contributed by atoms with van der Waals surface area (Å²) in [5, 5.41) is 3.31. The molecule has 0 aliphatic rings. The quantitative estimate of drug-likeness (QED) is 0.452. The lowest BCUT2D eigenvalue weighted by molar-refractivity contribution is 0.102. The van der Waals surface area contributed by atoms with Crippen LogP contribution in [-0.2, 0) is 6.54 Å². The van der Waals surface area contributed by atoms with Crippen LogP contribution in [0.3, 0.4) is 0 Å². The molecule has 6 nitrogen and oxygen atoms in total. The highest BCUT2D eigenvalue weighted by Gasteiger charge is 2.15. The molecule has 0 fully saturated rings. The predicted octanol–water partition coefficient (Wildman–Crippen LogP) is 5.42. The Balaban J connectivity index is 1.66. The third-order valence-electron chi connectivity index (χ3n) is 4.74. The molecule has 0 radical (unpaired) electrons. The van der Waals surface area contributed by atoms with E-state index in [4.69, 9.17) is 21.3 Å². The van der Waals surface area contributed by atoms with Crippen molar-refractivity contribution in [2.75, 3.05) is 12.4 Å². The number of carbonyl (C=O) groups excluding carboxylic acids is 1. The summed E-state index contributed by atoms with van der Waals surface area (Å²) >= 11 is 6.16. The number of hydrogen-bond acceptors (Lipinski definition) is 4. The van der Waals surface area contributed by atoms with E-state index < -0.39 is 0 Å². The van der Waals surface area contributed by atoms with Crippen molar-refractivity contribution in [1.82, 2.24) is 14.5 Å². The molecule has 0 saturated carbocycles. The molecule has 4 rings (SSSR count). The summed E-state index contributed by atoms with van der Waals surface area (Å²) in [5.74, 6) is 1.13. The van der Waals surface area contributed by atoms with Crippen LogP contribution in [0.25, 0.3) is 22.6 Å². The summed E-state index contributed by atoms with van der Waals surface area (Å²) in [7, 11) is 1.55. The summed E-state index contributed by atoms with van der Waals surface area (Å²) in [6.07, 6.45) is 2.72. The van der Waals surface area contributed by atoms with Gasteiger partial charge in [0.15, 0.2) is 5.65 Å². The average Bonchev–Trinajstić information content (AvgIpc) is 3.13. The average molecular weight is 421 g/mol. The Hall–Kier alpha value is -3.38. The topological polar surface area (TPSA) is 69.0 Å². The van der Waals surface area contributed by atoms with Gasteiger partial charge >= 0.3 is 0 Å². The number of benzene rings is 2. The first-order valence-electron chi connectivity index (χ1n) is 9.67. The molecule has 0 aliphatic carbocycles. The second-order valence-electron chi connectivity index (χ2n) is 6.82. The minimum absolute atomic E-state index is 0.227. The number of aryl methyl sites for hydroxylation is 1. The molecule has 4 aromatic rings. The Bertz CT molecular complexity index is 1220. The minimum atomic E-state index is -0.227. The Labute approximate surface area is 179 Å². The van der Waals surface area contributed by atoms with Crippen molar-refractivity contribution >= 4 is 34.4 Å². The zero-order valence-corrected chi connectivity index (χ0v) is 17.5. The van der Waals surface area contributed by atoms with Gasteiger partial charge in [0.2, 0.25) is 0 Å². The van der Waals surface area contributed by atoms with Gasteiger partial charge in [0.05, 0.1) is 12.1 Å². The molecule has 152 valence electrons. The van der Waals surface area contributed by atoms with Gasteiger partial charge in [-0.15, -0.1) is 0 Å². The molecule has 30 heavy (non-hydrogen) atoms. The van der Waals surface area contributed by atoms with Crippen LogP contribution in [-0.4, -0.2) is 27.6 Å². The third kappa shape index (κ3) is 3.86. The van der Waals surface area contributed by atoms with Crippen molar-refractivity contribution in [2.24, 2.45) is 0 Å². The summed E-state index contributed by atoms with van der Waals surface area (Å²) in [6.45, 7) is 2.91. The van der Waals surface area contributed by atoms with Gasteiger partial charge in [0, 0.05) is 29.6 Å². The van der Waals surface area contributed by atoms with Crippen molar-refractivity contribution in [1.29, 1.82) is 0 Å². The summed E-state index contributed by atoms with van der Waals surface area (Å²) < 4.78 is 7.24. The molecule has 0 atom stereocenters. The number of amides is 1. The second kappa shape index (κ2) is 8.55. The number of hydrogen-bond donors (Lipinski definition) is 1. The van der Waals surface area contributed by atoms with E-state index in [1.807, 2.05) is 30.3 Å². The van der Waals surface area contributed by atoms with E-state index in [9.17, 15) is 4.79 Å². The van der Waals surface area contributed by atoms with Gasteiger partial charge in [-0.2, -0.15) is 0 Å². The number of methoxy groups -OCH3 is 1. The number of carbonyl (C=O) groups is 1. The second-order valence-corrected chi connectivity index (χ2v) is 7.22. The first kappa shape index (κ1) is 19.9. The molecular weight excluding hydrogens is 400 g/mol. The highest BCUT2D eigenvalue weighted by Crippen LogP contribution is 2.28. The Morgan fingerprint density at radius 2 is 2.03 bits per heavy atom. The fourth-order valence-electron chi connectivity index (χ4n) is 3.36. The van der Waals surface area contributed by atoms with E-state index in [1.54, 1.807) is 37.6 Å². The van der Waals surface area contributed by atoms with Gasteiger partial charge in [-0.1, -0.05) is 30.7 Å². The summed E-state index contributed by atoms with van der Waals surface area (Å²) in [5.41, 5.74) is 3.67. The van der Waals surface area contributed by atoms with Crippen LogP contribution in [0.1, 0.15) is 23.7 Å². The number of anilines is 1. The van der Waals surface area contributed by atoms with Crippen LogP contribution in [0.15, 0.2) is 60.8 Å². The number of aromatic nitrogens is 3. The van der Waals surface area contributed by atoms with Crippen molar-refractivity contribution < 1.29 is 9.53 Å². The lowest BCUT2D eigenvalue weighted by atomic mass is 10.1. The third-order valence-corrected chi connectivity index (χ3v) is 5.04. The van der Waals surface area contributed by atoms with Gasteiger partial charge in [-0.3, -0.25) is 4.79 Å².